The minimum atomic E-state index is -0.504. The van der Waals surface area contributed by atoms with Crippen molar-refractivity contribution in [3.05, 3.63) is 62.8 Å². The fourth-order valence-corrected chi connectivity index (χ4v) is 1.65. The average molecular weight is 261 g/mol. The molecule has 0 aliphatic heterocycles. The number of nitrogen functional groups attached to an aromatic ring is 1. The van der Waals surface area contributed by atoms with Gasteiger partial charge in [0.15, 0.2) is 0 Å². The summed E-state index contributed by atoms with van der Waals surface area (Å²) in [4.78, 5) is 25.7. The van der Waals surface area contributed by atoms with Gasteiger partial charge in [-0.3, -0.25) is 25.3 Å². The third-order valence-corrected chi connectivity index (χ3v) is 2.59. The summed E-state index contributed by atoms with van der Waals surface area (Å²) in [6.07, 6.45) is 2.75. The van der Waals surface area contributed by atoms with Crippen LogP contribution in [-0.4, -0.2) is 14.5 Å². The van der Waals surface area contributed by atoms with E-state index in [1.54, 1.807) is 0 Å². The minimum absolute atomic E-state index is 0.0639. The van der Waals surface area contributed by atoms with E-state index in [0.29, 0.717) is 11.3 Å². The van der Waals surface area contributed by atoms with Crippen LogP contribution in [0.4, 0.5) is 11.4 Å². The first kappa shape index (κ1) is 12.7. The first-order valence-corrected chi connectivity index (χ1v) is 5.36. The fraction of sp³-hybridized carbons (Fsp3) is 0.0909. The Morgan fingerprint density at radius 3 is 2.84 bits per heavy atom. The Labute approximate surface area is 107 Å². The van der Waals surface area contributed by atoms with Crippen molar-refractivity contribution in [3.8, 4) is 0 Å². The number of benzene rings is 1. The molecule has 0 unspecified atom stereocenters. The molecule has 0 aliphatic carbocycles. The van der Waals surface area contributed by atoms with E-state index in [1.807, 2.05) is 0 Å². The number of rotatable bonds is 4. The van der Waals surface area contributed by atoms with E-state index in [-0.39, 0.29) is 17.8 Å². The number of nitro benzene ring substituents is 1. The summed E-state index contributed by atoms with van der Waals surface area (Å²) < 4.78 is 1.33. The van der Waals surface area contributed by atoms with E-state index in [4.69, 9.17) is 5.84 Å². The molecule has 2 rings (SSSR count). The molecule has 0 radical (unpaired) electrons. The highest BCUT2D eigenvalue weighted by molar-refractivity contribution is 5.55. The SMILES string of the molecule is NNc1ccc([N+](=O)[O-])cc1Cn1cnccc1=O. The first-order chi connectivity index (χ1) is 9.11. The van der Waals surface area contributed by atoms with Crippen LogP contribution >= 0.6 is 0 Å². The Hall–Kier alpha value is -2.74. The van der Waals surface area contributed by atoms with Gasteiger partial charge in [-0.25, -0.2) is 4.98 Å². The molecule has 0 bridgehead atoms. The van der Waals surface area contributed by atoms with Gasteiger partial charge in [0, 0.05) is 30.0 Å². The third-order valence-electron chi connectivity index (χ3n) is 2.59. The Bertz CT molecular complexity index is 667. The lowest BCUT2D eigenvalue weighted by Gasteiger charge is -2.10. The van der Waals surface area contributed by atoms with Gasteiger partial charge in [-0.05, 0) is 6.07 Å². The predicted molar refractivity (Wildman–Crippen MR) is 68.5 cm³/mol. The normalized spacial score (nSPS) is 10.2. The highest BCUT2D eigenvalue weighted by Gasteiger charge is 2.11. The summed E-state index contributed by atoms with van der Waals surface area (Å²) in [5.74, 6) is 5.35. The van der Waals surface area contributed by atoms with Crippen LogP contribution in [0.3, 0.4) is 0 Å². The predicted octanol–water partition coefficient (Wildman–Crippen LogP) is 0.485. The van der Waals surface area contributed by atoms with Gasteiger partial charge < -0.3 is 5.43 Å². The molecule has 19 heavy (non-hydrogen) atoms. The van der Waals surface area contributed by atoms with Crippen LogP contribution in [-0.2, 0) is 6.54 Å². The van der Waals surface area contributed by atoms with Crippen molar-refractivity contribution < 1.29 is 4.92 Å². The highest BCUT2D eigenvalue weighted by atomic mass is 16.6. The monoisotopic (exact) mass is 261 g/mol. The van der Waals surface area contributed by atoms with Crippen LogP contribution in [0.5, 0.6) is 0 Å². The number of hydrazine groups is 1. The van der Waals surface area contributed by atoms with Crippen molar-refractivity contribution in [3.63, 3.8) is 0 Å². The molecule has 8 nitrogen and oxygen atoms in total. The molecule has 3 N–H and O–H groups in total. The quantitative estimate of drug-likeness (QED) is 0.470. The molecule has 98 valence electrons. The number of nitro groups is 1. The zero-order valence-corrected chi connectivity index (χ0v) is 9.81. The van der Waals surface area contributed by atoms with Gasteiger partial charge in [0.2, 0.25) is 0 Å². The number of hydrogen-bond acceptors (Lipinski definition) is 6. The largest absolute Gasteiger partial charge is 0.324 e. The number of anilines is 1. The maximum absolute atomic E-state index is 11.6. The van der Waals surface area contributed by atoms with Crippen LogP contribution < -0.4 is 16.8 Å². The standard InChI is InChI=1S/C11H11N5O3/c12-14-10-2-1-9(16(18)19)5-8(10)6-15-7-13-4-3-11(15)17/h1-5,7,14H,6,12H2. The van der Waals surface area contributed by atoms with Gasteiger partial charge in [0.1, 0.15) is 0 Å². The molecule has 0 spiro atoms. The summed E-state index contributed by atoms with van der Waals surface area (Å²) >= 11 is 0. The maximum atomic E-state index is 11.6. The molecule has 1 aromatic heterocycles. The van der Waals surface area contributed by atoms with E-state index in [0.717, 1.165) is 0 Å². The summed E-state index contributed by atoms with van der Waals surface area (Å²) in [5, 5.41) is 10.7. The van der Waals surface area contributed by atoms with Crippen molar-refractivity contribution in [2.75, 3.05) is 5.43 Å². The van der Waals surface area contributed by atoms with Crippen molar-refractivity contribution in [1.29, 1.82) is 0 Å². The molecule has 1 aromatic carbocycles. The van der Waals surface area contributed by atoms with Crippen molar-refractivity contribution in [2.24, 2.45) is 5.84 Å². The number of non-ortho nitro benzene ring substituents is 1. The molecule has 1 heterocycles. The second-order valence-electron chi connectivity index (χ2n) is 3.79. The van der Waals surface area contributed by atoms with Crippen LogP contribution in [0.15, 0.2) is 41.6 Å². The third kappa shape index (κ3) is 2.75. The van der Waals surface area contributed by atoms with Crippen LogP contribution in [0.2, 0.25) is 0 Å². The van der Waals surface area contributed by atoms with Crippen LogP contribution in [0, 0.1) is 10.1 Å². The Morgan fingerprint density at radius 2 is 2.21 bits per heavy atom. The van der Waals surface area contributed by atoms with E-state index >= 15 is 0 Å². The molecule has 0 atom stereocenters. The molecule has 0 aliphatic rings. The highest BCUT2D eigenvalue weighted by Crippen LogP contribution is 2.21. The number of aromatic nitrogens is 2. The summed E-state index contributed by atoms with van der Waals surface area (Å²) in [7, 11) is 0. The lowest BCUT2D eigenvalue weighted by molar-refractivity contribution is -0.384. The topological polar surface area (TPSA) is 116 Å². The van der Waals surface area contributed by atoms with Gasteiger partial charge in [0.05, 0.1) is 23.5 Å². The molecular formula is C11H11N5O3. The molecular weight excluding hydrogens is 250 g/mol. The van der Waals surface area contributed by atoms with Crippen LogP contribution in [0.25, 0.3) is 0 Å². The number of hydrogen-bond donors (Lipinski definition) is 2. The fourth-order valence-electron chi connectivity index (χ4n) is 1.65. The second kappa shape index (κ2) is 5.27. The number of nitrogens with two attached hydrogens (primary N) is 1. The minimum Gasteiger partial charge on any atom is -0.324 e. The molecule has 0 saturated heterocycles. The summed E-state index contributed by atoms with van der Waals surface area (Å²) in [6, 6.07) is 5.51. The van der Waals surface area contributed by atoms with Crippen LogP contribution in [0.1, 0.15) is 5.56 Å². The molecule has 8 heteroatoms. The average Bonchev–Trinajstić information content (AvgIpc) is 2.41. The van der Waals surface area contributed by atoms with Gasteiger partial charge >= 0.3 is 0 Å². The Morgan fingerprint density at radius 1 is 1.42 bits per heavy atom. The van der Waals surface area contributed by atoms with Crippen molar-refractivity contribution in [2.45, 2.75) is 6.54 Å². The van der Waals surface area contributed by atoms with E-state index in [2.05, 4.69) is 10.4 Å². The van der Waals surface area contributed by atoms with Gasteiger partial charge in [-0.2, -0.15) is 0 Å². The maximum Gasteiger partial charge on any atom is 0.269 e. The van der Waals surface area contributed by atoms with Crippen molar-refractivity contribution in [1.82, 2.24) is 9.55 Å². The zero-order valence-electron chi connectivity index (χ0n) is 9.81. The molecule has 0 saturated carbocycles. The second-order valence-corrected chi connectivity index (χ2v) is 3.79. The summed E-state index contributed by atoms with van der Waals surface area (Å²) in [6.45, 7) is 0.147. The first-order valence-electron chi connectivity index (χ1n) is 5.36. The molecule has 0 amide bonds. The molecule has 0 fully saturated rings. The summed E-state index contributed by atoms with van der Waals surface area (Å²) in [5.41, 5.74) is 3.18. The van der Waals surface area contributed by atoms with E-state index in [1.165, 1.54) is 41.4 Å². The van der Waals surface area contributed by atoms with Crippen molar-refractivity contribution >= 4 is 11.4 Å². The Kier molecular flexibility index (Phi) is 3.53. The smallest absolute Gasteiger partial charge is 0.269 e. The van der Waals surface area contributed by atoms with Gasteiger partial charge in [-0.1, -0.05) is 0 Å². The number of nitrogens with one attached hydrogen (secondary N) is 1. The zero-order chi connectivity index (χ0) is 13.8. The van der Waals surface area contributed by atoms with E-state index < -0.39 is 4.92 Å². The van der Waals surface area contributed by atoms with Gasteiger partial charge in [0.25, 0.3) is 11.2 Å². The Balaban J connectivity index is 2.43. The lowest BCUT2D eigenvalue weighted by Crippen LogP contribution is -2.20. The van der Waals surface area contributed by atoms with Gasteiger partial charge in [-0.15, -0.1) is 0 Å². The lowest BCUT2D eigenvalue weighted by atomic mass is 10.1. The molecule has 2 aromatic rings. The number of nitrogens with zero attached hydrogens (tertiary/aromatic N) is 3. The van der Waals surface area contributed by atoms with E-state index in [9.17, 15) is 14.9 Å².